The van der Waals surface area contributed by atoms with Crippen LogP contribution in [0.25, 0.3) is 11.0 Å². The maximum absolute atomic E-state index is 9.35. The van der Waals surface area contributed by atoms with Crippen LogP contribution in [0.1, 0.15) is 25.4 Å². The van der Waals surface area contributed by atoms with E-state index in [2.05, 4.69) is 23.8 Å². The van der Waals surface area contributed by atoms with Crippen LogP contribution in [0.4, 0.5) is 5.82 Å². The molecule has 0 saturated heterocycles. The Balaban J connectivity index is 2.69. The second-order valence-electron chi connectivity index (χ2n) is 4.71. The lowest BCUT2D eigenvalue weighted by atomic mass is 10.2. The van der Waals surface area contributed by atoms with Gasteiger partial charge in [-0.1, -0.05) is 13.8 Å². The first-order valence-corrected chi connectivity index (χ1v) is 5.76. The first-order valence-electron chi connectivity index (χ1n) is 5.76. The molecule has 0 aliphatic rings. The van der Waals surface area contributed by atoms with E-state index in [9.17, 15) is 5.11 Å². The molecule has 2 aromatic heterocycles. The summed E-state index contributed by atoms with van der Waals surface area (Å²) in [4.78, 5) is 8.54. The molecule has 2 heterocycles. The monoisotopic (exact) mass is 234 g/mol. The van der Waals surface area contributed by atoms with Crippen molar-refractivity contribution in [2.24, 2.45) is 5.92 Å². The smallest absolute Gasteiger partial charge is 0.151 e. The van der Waals surface area contributed by atoms with E-state index in [0.717, 1.165) is 17.8 Å². The second-order valence-corrected chi connectivity index (χ2v) is 4.71. The number of rotatable bonds is 3. The Bertz CT molecular complexity index is 545. The van der Waals surface area contributed by atoms with Gasteiger partial charge < -0.3 is 15.4 Å². The average molecular weight is 234 g/mol. The number of aromatic nitrogens is 3. The minimum Gasteiger partial charge on any atom is -0.388 e. The molecule has 3 N–H and O–H groups in total. The standard InChI is InChI=1S/C12H18N4O/c1-7(2)5-16-9-4-8(3)14-12(13)11(9)15-10(16)6-17/h4,7,17H,5-6H2,1-3H3,(H2,13,14). The van der Waals surface area contributed by atoms with Gasteiger partial charge >= 0.3 is 0 Å². The Morgan fingerprint density at radius 1 is 1.41 bits per heavy atom. The first kappa shape index (κ1) is 11.9. The van der Waals surface area contributed by atoms with Crippen LogP contribution >= 0.6 is 0 Å². The van der Waals surface area contributed by atoms with Crippen molar-refractivity contribution >= 4 is 16.9 Å². The minimum absolute atomic E-state index is 0.0834. The fourth-order valence-electron chi connectivity index (χ4n) is 2.01. The molecule has 0 spiro atoms. The zero-order chi connectivity index (χ0) is 12.6. The van der Waals surface area contributed by atoms with Gasteiger partial charge in [-0.15, -0.1) is 0 Å². The van der Waals surface area contributed by atoms with Crippen molar-refractivity contribution in [1.29, 1.82) is 0 Å². The van der Waals surface area contributed by atoms with Crippen molar-refractivity contribution < 1.29 is 5.11 Å². The number of hydrogen-bond acceptors (Lipinski definition) is 4. The molecular formula is C12H18N4O. The zero-order valence-corrected chi connectivity index (χ0v) is 10.4. The largest absolute Gasteiger partial charge is 0.388 e. The number of fused-ring (bicyclic) bond motifs is 1. The summed E-state index contributed by atoms with van der Waals surface area (Å²) in [5.74, 6) is 1.55. The molecule has 0 fully saturated rings. The highest BCUT2D eigenvalue weighted by atomic mass is 16.3. The Kier molecular flexibility index (Phi) is 3.02. The summed E-state index contributed by atoms with van der Waals surface area (Å²) in [6.07, 6.45) is 0. The summed E-state index contributed by atoms with van der Waals surface area (Å²) in [5.41, 5.74) is 8.35. The number of nitrogens with two attached hydrogens (primary N) is 1. The van der Waals surface area contributed by atoms with Gasteiger partial charge in [0.15, 0.2) is 5.82 Å². The molecule has 5 heteroatoms. The van der Waals surface area contributed by atoms with Crippen molar-refractivity contribution in [3.63, 3.8) is 0 Å². The van der Waals surface area contributed by atoms with Crippen LogP contribution in [0.3, 0.4) is 0 Å². The predicted molar refractivity (Wildman–Crippen MR) is 67.4 cm³/mol. The van der Waals surface area contributed by atoms with Crippen molar-refractivity contribution in [2.45, 2.75) is 33.9 Å². The van der Waals surface area contributed by atoms with E-state index in [1.807, 2.05) is 17.6 Å². The van der Waals surface area contributed by atoms with E-state index < -0.39 is 0 Å². The summed E-state index contributed by atoms with van der Waals surface area (Å²) in [6.45, 7) is 6.89. The van der Waals surface area contributed by atoms with Gasteiger partial charge in [-0.25, -0.2) is 9.97 Å². The summed E-state index contributed by atoms with van der Waals surface area (Å²) in [7, 11) is 0. The molecule has 2 rings (SSSR count). The lowest BCUT2D eigenvalue weighted by Crippen LogP contribution is -2.08. The molecule has 0 unspecified atom stereocenters. The second kappa shape index (κ2) is 4.33. The van der Waals surface area contributed by atoms with E-state index in [1.165, 1.54) is 0 Å². The Hall–Kier alpha value is -1.62. The Labute approximate surface area is 100 Å². The molecule has 92 valence electrons. The number of imidazole rings is 1. The molecule has 0 aliphatic heterocycles. The minimum atomic E-state index is -0.0834. The highest BCUT2D eigenvalue weighted by Gasteiger charge is 2.14. The van der Waals surface area contributed by atoms with Crippen molar-refractivity contribution in [2.75, 3.05) is 5.73 Å². The molecule has 0 radical (unpaired) electrons. The number of aliphatic hydroxyl groups excluding tert-OH is 1. The molecule has 5 nitrogen and oxygen atoms in total. The summed E-state index contributed by atoms with van der Waals surface area (Å²) in [5, 5.41) is 9.35. The SMILES string of the molecule is Cc1cc2c(nc(CO)n2CC(C)C)c(N)n1. The van der Waals surface area contributed by atoms with E-state index >= 15 is 0 Å². The van der Waals surface area contributed by atoms with Crippen molar-refractivity contribution in [3.8, 4) is 0 Å². The van der Waals surface area contributed by atoms with Crippen LogP contribution in [-0.2, 0) is 13.2 Å². The van der Waals surface area contributed by atoms with Crippen molar-refractivity contribution in [3.05, 3.63) is 17.6 Å². The number of pyridine rings is 1. The molecular weight excluding hydrogens is 216 g/mol. The van der Waals surface area contributed by atoms with E-state index in [0.29, 0.717) is 23.1 Å². The van der Waals surface area contributed by atoms with Gasteiger partial charge in [-0.3, -0.25) is 0 Å². The van der Waals surface area contributed by atoms with Gasteiger partial charge in [0.05, 0.1) is 5.52 Å². The van der Waals surface area contributed by atoms with Crippen molar-refractivity contribution in [1.82, 2.24) is 14.5 Å². The normalized spacial score (nSPS) is 11.6. The summed E-state index contributed by atoms with van der Waals surface area (Å²) < 4.78 is 2.02. The molecule has 0 saturated carbocycles. The lowest BCUT2D eigenvalue weighted by molar-refractivity contribution is 0.264. The van der Waals surface area contributed by atoms with Gasteiger partial charge in [-0.2, -0.15) is 0 Å². The third-order valence-corrected chi connectivity index (χ3v) is 2.66. The van der Waals surface area contributed by atoms with Crippen LogP contribution in [-0.4, -0.2) is 19.6 Å². The van der Waals surface area contributed by atoms with Gasteiger partial charge in [0.25, 0.3) is 0 Å². The molecule has 0 bridgehead atoms. The molecule has 0 aliphatic carbocycles. The molecule has 17 heavy (non-hydrogen) atoms. The number of nitrogens with zero attached hydrogens (tertiary/aromatic N) is 3. The first-order chi connectivity index (χ1) is 8.02. The lowest BCUT2D eigenvalue weighted by Gasteiger charge is -2.10. The summed E-state index contributed by atoms with van der Waals surface area (Å²) in [6, 6.07) is 1.96. The van der Waals surface area contributed by atoms with Crippen LogP contribution in [0.15, 0.2) is 6.07 Å². The number of aryl methyl sites for hydroxylation is 1. The predicted octanol–water partition coefficient (Wildman–Crippen LogP) is 1.47. The topological polar surface area (TPSA) is 77.0 Å². The average Bonchev–Trinajstić information content (AvgIpc) is 2.56. The highest BCUT2D eigenvalue weighted by Crippen LogP contribution is 2.22. The van der Waals surface area contributed by atoms with Crippen LogP contribution in [0.5, 0.6) is 0 Å². The van der Waals surface area contributed by atoms with E-state index in [-0.39, 0.29) is 6.61 Å². The fourth-order valence-corrected chi connectivity index (χ4v) is 2.01. The third-order valence-electron chi connectivity index (χ3n) is 2.66. The van der Waals surface area contributed by atoms with Gasteiger partial charge in [-0.05, 0) is 18.9 Å². The van der Waals surface area contributed by atoms with Gasteiger partial charge in [0.1, 0.15) is 17.9 Å². The van der Waals surface area contributed by atoms with E-state index in [4.69, 9.17) is 5.73 Å². The number of hydrogen-bond donors (Lipinski definition) is 2. The molecule has 0 aromatic carbocycles. The maximum Gasteiger partial charge on any atom is 0.151 e. The van der Waals surface area contributed by atoms with Crippen LogP contribution in [0, 0.1) is 12.8 Å². The summed E-state index contributed by atoms with van der Waals surface area (Å²) >= 11 is 0. The zero-order valence-electron chi connectivity index (χ0n) is 10.4. The quantitative estimate of drug-likeness (QED) is 0.843. The molecule has 0 atom stereocenters. The van der Waals surface area contributed by atoms with Crippen LogP contribution in [0.2, 0.25) is 0 Å². The number of anilines is 1. The Morgan fingerprint density at radius 2 is 2.12 bits per heavy atom. The maximum atomic E-state index is 9.35. The molecule has 0 amide bonds. The number of nitrogen functional groups attached to an aromatic ring is 1. The third kappa shape index (κ3) is 2.10. The van der Waals surface area contributed by atoms with Gasteiger partial charge in [0.2, 0.25) is 0 Å². The number of aliphatic hydroxyl groups is 1. The van der Waals surface area contributed by atoms with E-state index in [1.54, 1.807) is 0 Å². The fraction of sp³-hybridized carbons (Fsp3) is 0.500. The Morgan fingerprint density at radius 3 is 2.71 bits per heavy atom. The van der Waals surface area contributed by atoms with Crippen LogP contribution < -0.4 is 5.73 Å². The molecule has 2 aromatic rings. The highest BCUT2D eigenvalue weighted by molar-refractivity contribution is 5.85. The van der Waals surface area contributed by atoms with Gasteiger partial charge in [0, 0.05) is 12.2 Å².